The van der Waals surface area contributed by atoms with Gasteiger partial charge in [-0.05, 0) is 77.9 Å². The first-order chi connectivity index (χ1) is 25.8. The third-order valence-electron chi connectivity index (χ3n) is 7.90. The molecule has 1 unspecified atom stereocenters. The maximum Gasteiger partial charge on any atom is 0.272 e. The monoisotopic (exact) mass is 733 g/mol. The smallest absolute Gasteiger partial charge is 0.272 e. The van der Waals surface area contributed by atoms with Crippen LogP contribution in [0.5, 0.6) is 28.7 Å². The Hall–Kier alpha value is -6.40. The number of hydrogen-bond donors (Lipinski definition) is 3. The molecule has 0 radical (unpaired) electrons. The highest BCUT2D eigenvalue weighted by molar-refractivity contribution is 8.00. The summed E-state index contributed by atoms with van der Waals surface area (Å²) in [6.45, 7) is 0. The lowest BCUT2D eigenvalue weighted by Gasteiger charge is -2.19. The van der Waals surface area contributed by atoms with Crippen LogP contribution in [-0.2, 0) is 9.59 Å². The minimum atomic E-state index is -0.631. The molecule has 0 aliphatic heterocycles. The van der Waals surface area contributed by atoms with E-state index in [0.717, 1.165) is 10.5 Å². The number of hydrogen-bond acceptors (Lipinski definition) is 9. The lowest BCUT2D eigenvalue weighted by atomic mass is 10.1. The minimum Gasteiger partial charge on any atom is -0.497 e. The van der Waals surface area contributed by atoms with Crippen molar-refractivity contribution in [1.29, 1.82) is 0 Å². The summed E-state index contributed by atoms with van der Waals surface area (Å²) in [5, 5.41) is 7.96. The van der Waals surface area contributed by atoms with E-state index >= 15 is 0 Å². The quantitative estimate of drug-likeness (QED) is 0.0735. The molecule has 3 N–H and O–H groups in total. The van der Waals surface area contributed by atoms with Crippen molar-refractivity contribution in [1.82, 2.24) is 5.32 Å². The zero-order valence-electron chi connectivity index (χ0n) is 29.8. The zero-order chi connectivity index (χ0) is 37.7. The Labute approximate surface area is 312 Å². The van der Waals surface area contributed by atoms with Gasteiger partial charge in [-0.1, -0.05) is 48.5 Å². The van der Waals surface area contributed by atoms with Crippen LogP contribution in [0.4, 0.5) is 11.4 Å². The Bertz CT molecular complexity index is 2050. The second-order valence-electron chi connectivity index (χ2n) is 11.3. The van der Waals surface area contributed by atoms with E-state index in [1.54, 1.807) is 92.0 Å². The molecule has 5 aromatic carbocycles. The van der Waals surface area contributed by atoms with Gasteiger partial charge in [-0.2, -0.15) is 0 Å². The normalized spacial score (nSPS) is 11.5. The van der Waals surface area contributed by atoms with Gasteiger partial charge in [0.1, 0.15) is 22.4 Å². The van der Waals surface area contributed by atoms with E-state index in [1.165, 1.54) is 46.3 Å². The van der Waals surface area contributed by atoms with Gasteiger partial charge in [0.15, 0.2) is 11.5 Å². The summed E-state index contributed by atoms with van der Waals surface area (Å²) in [7, 11) is 7.56. The number of carbonyl (C=O) groups is 3. The van der Waals surface area contributed by atoms with Crippen molar-refractivity contribution in [2.24, 2.45) is 0 Å². The number of nitrogens with one attached hydrogen (secondary N) is 3. The molecule has 0 spiro atoms. The van der Waals surface area contributed by atoms with Gasteiger partial charge < -0.3 is 39.6 Å². The summed E-state index contributed by atoms with van der Waals surface area (Å²) in [6, 6.07) is 33.6. The van der Waals surface area contributed by atoms with E-state index in [9.17, 15) is 14.4 Å². The van der Waals surface area contributed by atoms with Crippen molar-refractivity contribution in [3.05, 3.63) is 138 Å². The van der Waals surface area contributed by atoms with Gasteiger partial charge in [0.2, 0.25) is 11.7 Å². The number of methoxy groups -OCH3 is 5. The van der Waals surface area contributed by atoms with Gasteiger partial charge in [0.25, 0.3) is 11.8 Å². The van der Waals surface area contributed by atoms with Gasteiger partial charge in [-0.25, -0.2) is 0 Å². The minimum absolute atomic E-state index is 0.0274. The van der Waals surface area contributed by atoms with Crippen LogP contribution in [0.1, 0.15) is 26.7 Å². The summed E-state index contributed by atoms with van der Waals surface area (Å²) < 4.78 is 27.2. The van der Waals surface area contributed by atoms with Crippen LogP contribution < -0.4 is 39.6 Å². The fourth-order valence-electron chi connectivity index (χ4n) is 5.26. The number of rotatable bonds is 15. The number of ether oxygens (including phenoxy) is 5. The number of amides is 3. The molecule has 0 aliphatic carbocycles. The van der Waals surface area contributed by atoms with Gasteiger partial charge >= 0.3 is 0 Å². The number of anilines is 2. The van der Waals surface area contributed by atoms with Gasteiger partial charge in [-0.3, -0.25) is 14.4 Å². The first kappa shape index (κ1) is 37.8. The van der Waals surface area contributed by atoms with Crippen LogP contribution >= 0.6 is 11.8 Å². The fraction of sp³-hybridized carbons (Fsp3) is 0.146. The molecule has 272 valence electrons. The van der Waals surface area contributed by atoms with Crippen molar-refractivity contribution >= 4 is 46.9 Å². The van der Waals surface area contributed by atoms with E-state index in [-0.39, 0.29) is 11.6 Å². The molecule has 5 rings (SSSR count). The fourth-order valence-corrected chi connectivity index (χ4v) is 6.28. The topological polar surface area (TPSA) is 133 Å². The molecule has 53 heavy (non-hydrogen) atoms. The van der Waals surface area contributed by atoms with Crippen LogP contribution in [0.3, 0.4) is 0 Å². The Morgan fingerprint density at radius 1 is 0.642 bits per heavy atom. The average Bonchev–Trinajstić information content (AvgIpc) is 3.20. The van der Waals surface area contributed by atoms with E-state index in [4.69, 9.17) is 23.7 Å². The highest BCUT2D eigenvalue weighted by Crippen LogP contribution is 2.40. The lowest BCUT2D eigenvalue weighted by Crippen LogP contribution is -2.30. The summed E-state index contributed by atoms with van der Waals surface area (Å²) in [5.41, 5.74) is 2.60. The van der Waals surface area contributed by atoms with Gasteiger partial charge in [0, 0.05) is 22.2 Å². The SMILES string of the molecule is COc1ccc(OC)c(NC(=O)C(Sc2ccc(NC(=O)/C(=C/c3cc(OC)c(OC)c(OC)c3)NC(=O)c3ccccc3)cc2)c2ccccc2)c1. The summed E-state index contributed by atoms with van der Waals surface area (Å²) >= 11 is 1.35. The number of benzene rings is 5. The zero-order valence-corrected chi connectivity index (χ0v) is 30.6. The molecule has 0 bridgehead atoms. The first-order valence-electron chi connectivity index (χ1n) is 16.3. The van der Waals surface area contributed by atoms with E-state index in [2.05, 4.69) is 16.0 Å². The van der Waals surface area contributed by atoms with Crippen molar-refractivity contribution in [2.45, 2.75) is 10.1 Å². The van der Waals surface area contributed by atoms with E-state index in [0.29, 0.717) is 51.2 Å². The second kappa shape index (κ2) is 18.2. The molecule has 1 atom stereocenters. The molecule has 0 saturated carbocycles. The molecular weight excluding hydrogens is 695 g/mol. The van der Waals surface area contributed by atoms with E-state index < -0.39 is 17.1 Å². The van der Waals surface area contributed by atoms with Crippen molar-refractivity contribution in [3.63, 3.8) is 0 Å². The van der Waals surface area contributed by atoms with Crippen LogP contribution in [0.15, 0.2) is 126 Å². The molecule has 0 fully saturated rings. The molecule has 5 aromatic rings. The summed E-state index contributed by atoms with van der Waals surface area (Å²) in [6.07, 6.45) is 1.52. The number of thioether (sulfide) groups is 1. The van der Waals surface area contributed by atoms with Crippen LogP contribution in [-0.4, -0.2) is 53.3 Å². The molecule has 0 heterocycles. The molecule has 12 heteroatoms. The standard InChI is InChI=1S/C41H39N3O8S/c1-48-30-18-21-34(49-2)32(25-30)43-41(47)38(27-12-8-6-9-13-27)53-31-19-16-29(17-20-31)42-40(46)33(44-39(45)28-14-10-7-11-15-28)22-26-23-35(50-3)37(52-5)36(24-26)51-4/h6-25,38H,1-5H3,(H,42,46)(H,43,47)(H,44,45)/b33-22-. The summed E-state index contributed by atoms with van der Waals surface area (Å²) in [5.74, 6) is 0.909. The Kier molecular flexibility index (Phi) is 13.0. The Morgan fingerprint density at radius 2 is 1.26 bits per heavy atom. The van der Waals surface area contributed by atoms with Crippen molar-refractivity contribution < 1.29 is 38.1 Å². The molecule has 0 aromatic heterocycles. The maximum atomic E-state index is 13.8. The van der Waals surface area contributed by atoms with Crippen LogP contribution in [0, 0.1) is 0 Å². The second-order valence-corrected chi connectivity index (χ2v) is 12.5. The average molecular weight is 734 g/mol. The van der Waals surface area contributed by atoms with Crippen LogP contribution in [0.2, 0.25) is 0 Å². The Morgan fingerprint density at radius 3 is 1.85 bits per heavy atom. The summed E-state index contributed by atoms with van der Waals surface area (Å²) in [4.78, 5) is 41.5. The van der Waals surface area contributed by atoms with E-state index in [1.807, 2.05) is 30.3 Å². The molecule has 0 saturated heterocycles. The van der Waals surface area contributed by atoms with Crippen LogP contribution in [0.25, 0.3) is 6.08 Å². The lowest BCUT2D eigenvalue weighted by molar-refractivity contribution is -0.116. The highest BCUT2D eigenvalue weighted by Gasteiger charge is 2.24. The third kappa shape index (κ3) is 9.69. The van der Waals surface area contributed by atoms with Crippen molar-refractivity contribution in [3.8, 4) is 28.7 Å². The molecule has 3 amide bonds. The maximum absolute atomic E-state index is 13.8. The Balaban J connectivity index is 1.39. The highest BCUT2D eigenvalue weighted by atomic mass is 32.2. The predicted molar refractivity (Wildman–Crippen MR) is 206 cm³/mol. The van der Waals surface area contributed by atoms with Gasteiger partial charge in [-0.15, -0.1) is 11.8 Å². The van der Waals surface area contributed by atoms with Crippen molar-refractivity contribution in [2.75, 3.05) is 46.2 Å². The third-order valence-corrected chi connectivity index (χ3v) is 9.16. The molecule has 0 aliphatic rings. The first-order valence-corrected chi connectivity index (χ1v) is 17.2. The largest absolute Gasteiger partial charge is 0.497 e. The molecule has 11 nitrogen and oxygen atoms in total. The predicted octanol–water partition coefficient (Wildman–Crippen LogP) is 7.61. The number of carbonyl (C=O) groups excluding carboxylic acids is 3. The molecular formula is C41H39N3O8S. The van der Waals surface area contributed by atoms with Gasteiger partial charge in [0.05, 0.1) is 41.2 Å².